The maximum atomic E-state index is 5.58. The van der Waals surface area contributed by atoms with Crippen LogP contribution in [0.25, 0.3) is 0 Å². The van der Waals surface area contributed by atoms with Crippen LogP contribution in [0.15, 0.2) is 35.0 Å². The summed E-state index contributed by atoms with van der Waals surface area (Å²) in [4.78, 5) is 4.77. The smallest absolute Gasteiger partial charge is 0.173 e. The molecular formula is C18H23N3S2. The first-order valence-corrected chi connectivity index (χ1v) is 9.33. The van der Waals surface area contributed by atoms with Crippen LogP contribution in [0, 0.1) is 13.8 Å². The summed E-state index contributed by atoms with van der Waals surface area (Å²) in [6.07, 6.45) is 0. The summed E-state index contributed by atoms with van der Waals surface area (Å²) < 4.78 is 0. The molecule has 0 radical (unpaired) electrons. The van der Waals surface area contributed by atoms with Gasteiger partial charge in [-0.15, -0.1) is 0 Å². The lowest BCUT2D eigenvalue weighted by molar-refractivity contribution is 0.177. The quantitative estimate of drug-likeness (QED) is 0.851. The van der Waals surface area contributed by atoms with Crippen LogP contribution in [-0.4, -0.2) is 41.1 Å². The molecule has 0 atom stereocenters. The molecule has 0 amide bonds. The lowest BCUT2D eigenvalue weighted by atomic mass is 10.1. The van der Waals surface area contributed by atoms with E-state index in [0.29, 0.717) is 0 Å². The van der Waals surface area contributed by atoms with E-state index >= 15 is 0 Å². The average Bonchev–Trinajstić information content (AvgIpc) is 3.04. The molecule has 1 aromatic carbocycles. The van der Waals surface area contributed by atoms with Crippen molar-refractivity contribution in [2.75, 3.05) is 31.5 Å². The molecule has 3 rings (SSSR count). The van der Waals surface area contributed by atoms with E-state index < -0.39 is 0 Å². The van der Waals surface area contributed by atoms with Crippen LogP contribution >= 0.6 is 23.6 Å². The van der Waals surface area contributed by atoms with Gasteiger partial charge in [0.25, 0.3) is 0 Å². The minimum Gasteiger partial charge on any atom is -0.346 e. The maximum absolute atomic E-state index is 5.58. The van der Waals surface area contributed by atoms with E-state index in [1.807, 2.05) is 0 Å². The molecule has 0 bridgehead atoms. The Morgan fingerprint density at radius 2 is 1.91 bits per heavy atom. The second-order valence-corrected chi connectivity index (χ2v) is 7.29. The van der Waals surface area contributed by atoms with Gasteiger partial charge in [0.2, 0.25) is 0 Å². The normalized spacial score (nSPS) is 15.7. The summed E-state index contributed by atoms with van der Waals surface area (Å²) >= 11 is 7.35. The number of thiophene rings is 1. The van der Waals surface area contributed by atoms with Gasteiger partial charge in [-0.2, -0.15) is 11.3 Å². The van der Waals surface area contributed by atoms with Crippen molar-refractivity contribution in [2.24, 2.45) is 0 Å². The molecule has 23 heavy (non-hydrogen) atoms. The molecule has 1 aromatic heterocycles. The van der Waals surface area contributed by atoms with Gasteiger partial charge >= 0.3 is 0 Å². The van der Waals surface area contributed by atoms with E-state index in [4.69, 9.17) is 12.2 Å². The van der Waals surface area contributed by atoms with Crippen LogP contribution in [0.1, 0.15) is 16.7 Å². The molecule has 2 aromatic rings. The molecule has 1 aliphatic rings. The molecule has 1 aliphatic heterocycles. The highest BCUT2D eigenvalue weighted by atomic mass is 32.1. The molecule has 1 N–H and O–H groups in total. The van der Waals surface area contributed by atoms with Crippen molar-refractivity contribution < 1.29 is 0 Å². The number of aryl methyl sites for hydroxylation is 2. The molecule has 1 saturated heterocycles. The lowest BCUT2D eigenvalue weighted by Gasteiger charge is -2.36. The standard InChI is InChI=1S/C18H23N3S2/c1-14-3-4-17(11-15(14)2)19-18(22)21-8-6-20(7-9-21)12-16-5-10-23-13-16/h3-5,10-11,13H,6-9,12H2,1-2H3,(H,19,22). The Kier molecular flexibility index (Phi) is 5.30. The zero-order valence-corrected chi connectivity index (χ0v) is 15.3. The summed E-state index contributed by atoms with van der Waals surface area (Å²) in [6.45, 7) is 9.41. The Morgan fingerprint density at radius 1 is 1.13 bits per heavy atom. The summed E-state index contributed by atoms with van der Waals surface area (Å²) in [5.41, 5.74) is 5.10. The molecule has 5 heteroatoms. The van der Waals surface area contributed by atoms with Crippen LogP contribution in [-0.2, 0) is 6.54 Å². The minimum atomic E-state index is 0.837. The van der Waals surface area contributed by atoms with Crippen molar-refractivity contribution >= 4 is 34.4 Å². The van der Waals surface area contributed by atoms with Crippen LogP contribution in [0.2, 0.25) is 0 Å². The van der Waals surface area contributed by atoms with Crippen LogP contribution in [0.5, 0.6) is 0 Å². The van der Waals surface area contributed by atoms with Gasteiger partial charge in [-0.3, -0.25) is 4.90 Å². The number of nitrogens with one attached hydrogen (secondary N) is 1. The highest BCUT2D eigenvalue weighted by Crippen LogP contribution is 2.16. The monoisotopic (exact) mass is 345 g/mol. The predicted octanol–water partition coefficient (Wildman–Crippen LogP) is 3.88. The fraction of sp³-hybridized carbons (Fsp3) is 0.389. The lowest BCUT2D eigenvalue weighted by Crippen LogP contribution is -2.49. The molecule has 3 nitrogen and oxygen atoms in total. The molecule has 1 fully saturated rings. The third-order valence-electron chi connectivity index (χ3n) is 4.40. The van der Waals surface area contributed by atoms with Crippen molar-refractivity contribution in [3.05, 3.63) is 51.7 Å². The van der Waals surface area contributed by atoms with E-state index in [-0.39, 0.29) is 0 Å². The SMILES string of the molecule is Cc1ccc(NC(=S)N2CCN(Cc3ccsc3)CC2)cc1C. The first-order chi connectivity index (χ1) is 11.1. The third-order valence-corrected chi connectivity index (χ3v) is 5.50. The fourth-order valence-corrected chi connectivity index (χ4v) is 3.73. The van der Waals surface area contributed by atoms with Crippen molar-refractivity contribution in [1.82, 2.24) is 9.80 Å². The Morgan fingerprint density at radius 3 is 2.57 bits per heavy atom. The number of nitrogens with zero attached hydrogens (tertiary/aromatic N) is 2. The third kappa shape index (κ3) is 4.31. The van der Waals surface area contributed by atoms with Crippen molar-refractivity contribution in [3.63, 3.8) is 0 Å². The van der Waals surface area contributed by atoms with E-state index in [1.54, 1.807) is 11.3 Å². The first kappa shape index (κ1) is 16.4. The van der Waals surface area contributed by atoms with E-state index in [9.17, 15) is 0 Å². The van der Waals surface area contributed by atoms with E-state index in [0.717, 1.165) is 43.5 Å². The van der Waals surface area contributed by atoms with E-state index in [1.165, 1.54) is 16.7 Å². The number of rotatable bonds is 3. The molecular weight excluding hydrogens is 322 g/mol. The number of piperazine rings is 1. The van der Waals surface area contributed by atoms with Gasteiger partial charge in [0, 0.05) is 38.4 Å². The van der Waals surface area contributed by atoms with Crippen molar-refractivity contribution in [1.29, 1.82) is 0 Å². The Bertz CT molecular complexity index is 659. The Hall–Kier alpha value is -1.43. The topological polar surface area (TPSA) is 18.5 Å². The van der Waals surface area contributed by atoms with Gasteiger partial charge in [-0.25, -0.2) is 0 Å². The predicted molar refractivity (Wildman–Crippen MR) is 103 cm³/mol. The number of hydrogen-bond donors (Lipinski definition) is 1. The number of anilines is 1. The molecule has 0 spiro atoms. The number of thiocarbonyl (C=S) groups is 1. The van der Waals surface area contributed by atoms with Crippen molar-refractivity contribution in [2.45, 2.75) is 20.4 Å². The number of hydrogen-bond acceptors (Lipinski definition) is 3. The molecule has 0 saturated carbocycles. The maximum Gasteiger partial charge on any atom is 0.173 e. The van der Waals surface area contributed by atoms with Gasteiger partial charge in [0.15, 0.2) is 5.11 Å². The largest absolute Gasteiger partial charge is 0.346 e. The van der Waals surface area contributed by atoms with Crippen LogP contribution in [0.3, 0.4) is 0 Å². The summed E-state index contributed by atoms with van der Waals surface area (Å²) in [5.74, 6) is 0. The van der Waals surface area contributed by atoms with Crippen LogP contribution in [0.4, 0.5) is 5.69 Å². The van der Waals surface area contributed by atoms with Crippen molar-refractivity contribution in [3.8, 4) is 0 Å². The average molecular weight is 346 g/mol. The first-order valence-electron chi connectivity index (χ1n) is 7.98. The van der Waals surface area contributed by atoms with Crippen LogP contribution < -0.4 is 5.32 Å². The second-order valence-electron chi connectivity index (χ2n) is 6.12. The fourth-order valence-electron chi connectivity index (χ4n) is 2.77. The highest BCUT2D eigenvalue weighted by Gasteiger charge is 2.19. The Balaban J connectivity index is 1.50. The molecule has 2 heterocycles. The van der Waals surface area contributed by atoms with Gasteiger partial charge in [0.1, 0.15) is 0 Å². The zero-order valence-electron chi connectivity index (χ0n) is 13.7. The molecule has 0 unspecified atom stereocenters. The molecule has 122 valence electrons. The Labute approximate surface area is 147 Å². The second kappa shape index (κ2) is 7.43. The van der Waals surface area contributed by atoms with Gasteiger partial charge in [0.05, 0.1) is 0 Å². The van der Waals surface area contributed by atoms with Gasteiger partial charge in [-0.05, 0) is 71.7 Å². The van der Waals surface area contributed by atoms with Gasteiger partial charge in [-0.1, -0.05) is 6.07 Å². The van der Waals surface area contributed by atoms with Gasteiger partial charge < -0.3 is 10.2 Å². The molecule has 0 aliphatic carbocycles. The highest BCUT2D eigenvalue weighted by molar-refractivity contribution is 7.80. The minimum absolute atomic E-state index is 0.837. The summed E-state index contributed by atoms with van der Waals surface area (Å²) in [7, 11) is 0. The zero-order chi connectivity index (χ0) is 16.2. The summed E-state index contributed by atoms with van der Waals surface area (Å²) in [6, 6.07) is 8.61. The van der Waals surface area contributed by atoms with E-state index in [2.05, 4.69) is 64.0 Å². The number of benzene rings is 1. The summed E-state index contributed by atoms with van der Waals surface area (Å²) in [5, 5.41) is 8.60.